The van der Waals surface area contributed by atoms with Gasteiger partial charge in [-0.3, -0.25) is 9.59 Å². The number of amides is 2. The minimum atomic E-state index is -4.75. The molecule has 0 bridgehead atoms. The predicted molar refractivity (Wildman–Crippen MR) is 146 cm³/mol. The van der Waals surface area contributed by atoms with Crippen LogP contribution in [0.25, 0.3) is 10.9 Å². The van der Waals surface area contributed by atoms with Crippen LogP contribution in [0, 0.1) is 5.82 Å². The number of pyridine rings is 1. The first-order valence-electron chi connectivity index (χ1n) is 12.5. The van der Waals surface area contributed by atoms with E-state index in [4.69, 9.17) is 14.2 Å². The van der Waals surface area contributed by atoms with Gasteiger partial charge in [0, 0.05) is 30.8 Å². The molecule has 0 fully saturated rings. The van der Waals surface area contributed by atoms with E-state index in [1.54, 1.807) is 20.8 Å². The van der Waals surface area contributed by atoms with Crippen LogP contribution >= 0.6 is 0 Å². The average molecular weight is 604 g/mol. The van der Waals surface area contributed by atoms with Crippen molar-refractivity contribution in [2.24, 2.45) is 0 Å². The normalized spacial score (nSPS) is 11.7. The van der Waals surface area contributed by atoms with Gasteiger partial charge in [0.2, 0.25) is 0 Å². The maximum absolute atomic E-state index is 15.0. The Morgan fingerprint density at radius 3 is 2.33 bits per heavy atom. The Labute approximate surface area is 241 Å². The number of fused-ring (bicyclic) bond motifs is 1. The van der Waals surface area contributed by atoms with E-state index in [-0.39, 0.29) is 40.5 Å². The molecular formula is C28H25F4N5O6. The van der Waals surface area contributed by atoms with Crippen LogP contribution in [-0.4, -0.2) is 52.0 Å². The van der Waals surface area contributed by atoms with Crippen molar-refractivity contribution in [3.8, 4) is 11.5 Å². The smallest absolute Gasteiger partial charge is 0.435 e. The molecule has 226 valence electrons. The molecule has 2 heterocycles. The summed E-state index contributed by atoms with van der Waals surface area (Å²) in [6.07, 6.45) is -4.42. The van der Waals surface area contributed by atoms with Crippen LogP contribution in [0.15, 0.2) is 54.7 Å². The first kappa shape index (κ1) is 30.9. The van der Waals surface area contributed by atoms with Gasteiger partial charge in [-0.1, -0.05) is 0 Å². The number of halogens is 4. The predicted octanol–water partition coefficient (Wildman–Crippen LogP) is 6.00. The quantitative estimate of drug-likeness (QED) is 0.246. The molecule has 0 aliphatic heterocycles. The molecule has 2 aromatic carbocycles. The van der Waals surface area contributed by atoms with E-state index in [1.807, 2.05) is 0 Å². The zero-order valence-corrected chi connectivity index (χ0v) is 23.2. The van der Waals surface area contributed by atoms with Gasteiger partial charge in [0.15, 0.2) is 5.69 Å². The van der Waals surface area contributed by atoms with Crippen molar-refractivity contribution in [1.29, 1.82) is 0 Å². The number of aromatic nitrogens is 3. The van der Waals surface area contributed by atoms with Gasteiger partial charge < -0.3 is 24.8 Å². The Hall–Kier alpha value is -5.05. The van der Waals surface area contributed by atoms with E-state index in [9.17, 15) is 31.9 Å². The molecule has 43 heavy (non-hydrogen) atoms. The van der Waals surface area contributed by atoms with Gasteiger partial charge in [0.1, 0.15) is 35.3 Å². The number of benzene rings is 2. The summed E-state index contributed by atoms with van der Waals surface area (Å²) in [7, 11) is 1.36. The number of rotatable bonds is 7. The number of ether oxygens (including phenoxy) is 3. The highest BCUT2D eigenvalue weighted by molar-refractivity contribution is 6.12. The lowest BCUT2D eigenvalue weighted by Crippen LogP contribution is -2.28. The molecule has 0 unspecified atom stereocenters. The van der Waals surface area contributed by atoms with Gasteiger partial charge in [-0.05, 0) is 57.2 Å². The maximum atomic E-state index is 15.0. The van der Waals surface area contributed by atoms with Crippen LogP contribution in [0.2, 0.25) is 0 Å². The van der Waals surface area contributed by atoms with E-state index in [2.05, 4.69) is 20.7 Å². The number of nitrogens with one attached hydrogen (secondary N) is 2. The van der Waals surface area contributed by atoms with E-state index in [1.165, 1.54) is 37.6 Å². The van der Waals surface area contributed by atoms with E-state index in [0.717, 1.165) is 18.2 Å². The molecule has 0 atom stereocenters. The molecule has 11 nitrogen and oxygen atoms in total. The number of carbonyl (C=O) groups is 3. The second-order valence-electron chi connectivity index (χ2n) is 10.0. The molecule has 2 aromatic heterocycles. The van der Waals surface area contributed by atoms with Crippen LogP contribution in [0.3, 0.4) is 0 Å². The second-order valence-corrected chi connectivity index (χ2v) is 10.0. The van der Waals surface area contributed by atoms with Crippen LogP contribution in [0.1, 0.15) is 36.8 Å². The largest absolute Gasteiger partial charge is 0.457 e. The Morgan fingerprint density at radius 1 is 0.953 bits per heavy atom. The average Bonchev–Trinajstić information content (AvgIpc) is 3.28. The summed E-state index contributed by atoms with van der Waals surface area (Å²) in [5, 5.41) is 8.36. The highest BCUT2D eigenvalue weighted by Gasteiger charge is 2.33. The van der Waals surface area contributed by atoms with Gasteiger partial charge >= 0.3 is 12.3 Å². The fourth-order valence-corrected chi connectivity index (χ4v) is 3.74. The van der Waals surface area contributed by atoms with Gasteiger partial charge in [0.25, 0.3) is 11.8 Å². The zero-order chi connectivity index (χ0) is 31.5. The third-order valence-electron chi connectivity index (χ3n) is 5.49. The lowest BCUT2D eigenvalue weighted by atomic mass is 10.1. The highest BCUT2D eigenvalue weighted by atomic mass is 19.4. The summed E-state index contributed by atoms with van der Waals surface area (Å²) in [4.78, 5) is 41.5. The molecular weight excluding hydrogens is 578 g/mol. The van der Waals surface area contributed by atoms with Crippen LogP contribution < -0.4 is 15.4 Å². The van der Waals surface area contributed by atoms with E-state index < -0.39 is 46.8 Å². The number of hydrogen-bond donors (Lipinski definition) is 2. The lowest BCUT2D eigenvalue weighted by Gasteiger charge is -2.19. The fourth-order valence-electron chi connectivity index (χ4n) is 3.74. The molecule has 2 amide bonds. The van der Waals surface area contributed by atoms with Crippen LogP contribution in [-0.2, 0) is 20.4 Å². The molecule has 4 rings (SSSR count). The van der Waals surface area contributed by atoms with Gasteiger partial charge in [0.05, 0.1) is 16.8 Å². The summed E-state index contributed by atoms with van der Waals surface area (Å²) in [5.74, 6) is -2.08. The van der Waals surface area contributed by atoms with E-state index >= 15 is 0 Å². The van der Waals surface area contributed by atoms with Crippen LogP contribution in [0.4, 0.5) is 33.9 Å². The van der Waals surface area contributed by atoms with Crippen molar-refractivity contribution in [1.82, 2.24) is 14.8 Å². The van der Waals surface area contributed by atoms with Crippen molar-refractivity contribution >= 4 is 40.3 Å². The number of hydrogen-bond acceptors (Lipinski definition) is 8. The van der Waals surface area contributed by atoms with Gasteiger partial charge in [-0.2, -0.15) is 23.0 Å². The first-order chi connectivity index (χ1) is 20.1. The molecule has 2 N–H and O–H groups in total. The van der Waals surface area contributed by atoms with Crippen molar-refractivity contribution in [2.45, 2.75) is 32.5 Å². The number of alkyl halides is 3. The molecule has 0 aliphatic carbocycles. The van der Waals surface area contributed by atoms with Gasteiger partial charge in [-0.15, -0.1) is 0 Å². The monoisotopic (exact) mass is 603 g/mol. The number of methoxy groups -OCH3 is 1. The standard InChI is InChI=1S/C28H25F4N5O6/c1-27(2,3)43-26(40)37-21-8-5-15(28(30,31)32)11-18(21)24(36-37)25(39)34-20-7-6-16(12-19(20)29)42-17-9-10-33-22(13-17)35-23(38)14-41-4/h5-13H,14H2,1-4H3,(H,34,39)(H,33,35,38). The Kier molecular flexibility index (Phi) is 8.66. The summed E-state index contributed by atoms with van der Waals surface area (Å²) < 4.78 is 71.6. The minimum absolute atomic E-state index is 0.0188. The zero-order valence-electron chi connectivity index (χ0n) is 23.2. The molecule has 4 aromatic rings. The third kappa shape index (κ3) is 7.62. The van der Waals surface area contributed by atoms with E-state index in [0.29, 0.717) is 10.7 Å². The van der Waals surface area contributed by atoms with Crippen LogP contribution in [0.5, 0.6) is 11.5 Å². The number of anilines is 2. The molecule has 0 aliphatic rings. The molecule has 0 saturated heterocycles. The molecule has 0 saturated carbocycles. The Balaban J connectivity index is 1.59. The third-order valence-corrected chi connectivity index (χ3v) is 5.49. The highest BCUT2D eigenvalue weighted by Crippen LogP contribution is 2.33. The van der Waals surface area contributed by atoms with Gasteiger partial charge in [-0.25, -0.2) is 14.2 Å². The van der Waals surface area contributed by atoms with Crippen molar-refractivity contribution in [3.63, 3.8) is 0 Å². The Bertz CT molecular complexity index is 1700. The van der Waals surface area contributed by atoms with Crippen molar-refractivity contribution in [2.75, 3.05) is 24.4 Å². The number of nitrogens with zero attached hydrogens (tertiary/aromatic N) is 3. The minimum Gasteiger partial charge on any atom is -0.457 e. The summed E-state index contributed by atoms with van der Waals surface area (Å²) in [5.41, 5.74) is -3.07. The summed E-state index contributed by atoms with van der Waals surface area (Å²) >= 11 is 0. The lowest BCUT2D eigenvalue weighted by molar-refractivity contribution is -0.137. The topological polar surface area (TPSA) is 134 Å². The maximum Gasteiger partial charge on any atom is 0.435 e. The van der Waals surface area contributed by atoms with Crippen molar-refractivity contribution < 1.29 is 46.2 Å². The fraction of sp³-hybridized carbons (Fsp3) is 0.250. The summed E-state index contributed by atoms with van der Waals surface area (Å²) in [6.45, 7) is 4.55. The molecule has 0 spiro atoms. The summed E-state index contributed by atoms with van der Waals surface area (Å²) in [6, 6.07) is 8.70. The molecule has 0 radical (unpaired) electrons. The first-order valence-corrected chi connectivity index (χ1v) is 12.5. The Morgan fingerprint density at radius 2 is 1.67 bits per heavy atom. The number of carbonyl (C=O) groups excluding carboxylic acids is 3. The second kappa shape index (κ2) is 12.1. The van der Waals surface area contributed by atoms with Crippen molar-refractivity contribution in [3.05, 3.63) is 71.8 Å². The SMILES string of the molecule is COCC(=O)Nc1cc(Oc2ccc(NC(=O)c3nn(C(=O)OC(C)(C)C)c4ccc(C(F)(F)F)cc34)c(F)c2)ccn1. The molecule has 15 heteroatoms.